The molecular weight excluding hydrogens is 258 g/mol. The van der Waals surface area contributed by atoms with Crippen LogP contribution in [0.5, 0.6) is 0 Å². The number of benzene rings is 1. The molecule has 0 bridgehead atoms. The van der Waals surface area contributed by atoms with Gasteiger partial charge in [-0.3, -0.25) is 0 Å². The minimum atomic E-state index is -3.18. The van der Waals surface area contributed by atoms with Crippen molar-refractivity contribution < 1.29 is 8.42 Å². The SMILES string of the molecule is Cc1ccc(C)c(S(=O)(=O)CCCC(C)(C)CN)c1. The summed E-state index contributed by atoms with van der Waals surface area (Å²) in [6.45, 7) is 8.47. The molecule has 0 aliphatic heterocycles. The number of nitrogens with two attached hydrogens (primary N) is 1. The van der Waals surface area contributed by atoms with Gasteiger partial charge in [0.15, 0.2) is 9.84 Å². The van der Waals surface area contributed by atoms with Gasteiger partial charge in [0.25, 0.3) is 0 Å². The first-order valence-electron chi connectivity index (χ1n) is 6.68. The summed E-state index contributed by atoms with van der Waals surface area (Å²) in [5.41, 5.74) is 7.47. The van der Waals surface area contributed by atoms with Gasteiger partial charge in [-0.05, 0) is 55.8 Å². The summed E-state index contributed by atoms with van der Waals surface area (Å²) >= 11 is 0. The minimum Gasteiger partial charge on any atom is -0.330 e. The third kappa shape index (κ3) is 4.62. The van der Waals surface area contributed by atoms with Crippen LogP contribution in [0.1, 0.15) is 37.8 Å². The van der Waals surface area contributed by atoms with E-state index in [4.69, 9.17) is 5.73 Å². The Kier molecular flexibility index (Phi) is 5.16. The van der Waals surface area contributed by atoms with E-state index < -0.39 is 9.84 Å². The van der Waals surface area contributed by atoms with Gasteiger partial charge in [0.05, 0.1) is 10.6 Å². The Morgan fingerprint density at radius 3 is 2.42 bits per heavy atom. The lowest BCUT2D eigenvalue weighted by molar-refractivity contribution is 0.344. The second-order valence-electron chi connectivity index (χ2n) is 6.06. The maximum Gasteiger partial charge on any atom is 0.178 e. The molecule has 0 spiro atoms. The predicted molar refractivity (Wildman–Crippen MR) is 80.0 cm³/mol. The van der Waals surface area contributed by atoms with Crippen molar-refractivity contribution in [2.45, 2.75) is 45.4 Å². The van der Waals surface area contributed by atoms with Gasteiger partial charge < -0.3 is 5.73 Å². The first kappa shape index (κ1) is 16.2. The Morgan fingerprint density at radius 1 is 1.21 bits per heavy atom. The highest BCUT2D eigenvalue weighted by atomic mass is 32.2. The Hall–Kier alpha value is -0.870. The van der Waals surface area contributed by atoms with Crippen LogP contribution in [0.2, 0.25) is 0 Å². The third-order valence-corrected chi connectivity index (χ3v) is 5.43. The second-order valence-corrected chi connectivity index (χ2v) is 8.14. The molecule has 108 valence electrons. The largest absolute Gasteiger partial charge is 0.330 e. The lowest BCUT2D eigenvalue weighted by atomic mass is 9.88. The van der Waals surface area contributed by atoms with Crippen LogP contribution in [0.15, 0.2) is 23.1 Å². The topological polar surface area (TPSA) is 60.2 Å². The molecule has 19 heavy (non-hydrogen) atoms. The zero-order valence-corrected chi connectivity index (χ0v) is 13.2. The van der Waals surface area contributed by atoms with Crippen LogP contribution in [-0.2, 0) is 9.84 Å². The highest BCUT2D eigenvalue weighted by Gasteiger charge is 2.20. The first-order chi connectivity index (χ1) is 8.68. The van der Waals surface area contributed by atoms with E-state index in [1.807, 2.05) is 26.0 Å². The number of rotatable bonds is 6. The average Bonchev–Trinajstić information content (AvgIpc) is 2.31. The van der Waals surface area contributed by atoms with E-state index in [1.165, 1.54) is 0 Å². The van der Waals surface area contributed by atoms with Gasteiger partial charge in [0.2, 0.25) is 0 Å². The highest BCUT2D eigenvalue weighted by Crippen LogP contribution is 2.23. The van der Waals surface area contributed by atoms with Crippen molar-refractivity contribution in [2.75, 3.05) is 12.3 Å². The van der Waals surface area contributed by atoms with Crippen LogP contribution in [-0.4, -0.2) is 20.7 Å². The molecule has 0 heterocycles. The number of hydrogen-bond donors (Lipinski definition) is 1. The summed E-state index contributed by atoms with van der Waals surface area (Å²) in [5, 5.41) is 0. The molecule has 2 N–H and O–H groups in total. The molecule has 1 aromatic carbocycles. The molecule has 0 aliphatic carbocycles. The van der Waals surface area contributed by atoms with E-state index in [0.29, 0.717) is 17.9 Å². The molecule has 4 heteroatoms. The summed E-state index contributed by atoms with van der Waals surface area (Å²) in [4.78, 5) is 0.470. The molecule has 0 atom stereocenters. The summed E-state index contributed by atoms with van der Waals surface area (Å²) in [7, 11) is -3.18. The van der Waals surface area contributed by atoms with Crippen molar-refractivity contribution in [3.63, 3.8) is 0 Å². The Balaban J connectivity index is 2.79. The quantitative estimate of drug-likeness (QED) is 0.873. The third-order valence-electron chi connectivity index (χ3n) is 3.50. The minimum absolute atomic E-state index is 0.0111. The van der Waals surface area contributed by atoms with Gasteiger partial charge in [-0.2, -0.15) is 0 Å². The average molecular weight is 283 g/mol. The molecule has 0 aromatic heterocycles. The van der Waals surface area contributed by atoms with Gasteiger partial charge in [0, 0.05) is 0 Å². The summed E-state index contributed by atoms with van der Waals surface area (Å²) < 4.78 is 24.7. The molecule has 1 rings (SSSR count). The van der Waals surface area contributed by atoms with Crippen LogP contribution in [0, 0.1) is 19.3 Å². The fourth-order valence-electron chi connectivity index (χ4n) is 2.00. The maximum absolute atomic E-state index is 12.3. The number of sulfone groups is 1. The molecule has 1 aromatic rings. The monoisotopic (exact) mass is 283 g/mol. The van der Waals surface area contributed by atoms with E-state index in [-0.39, 0.29) is 11.2 Å². The van der Waals surface area contributed by atoms with Crippen molar-refractivity contribution >= 4 is 9.84 Å². The summed E-state index contributed by atoms with van der Waals surface area (Å²) in [6.07, 6.45) is 1.48. The molecule has 0 aliphatic rings. The summed E-state index contributed by atoms with van der Waals surface area (Å²) in [5.74, 6) is 0.195. The van der Waals surface area contributed by atoms with Gasteiger partial charge in [-0.25, -0.2) is 8.42 Å². The van der Waals surface area contributed by atoms with Gasteiger partial charge in [0.1, 0.15) is 0 Å². The van der Waals surface area contributed by atoms with Gasteiger partial charge in [-0.1, -0.05) is 26.0 Å². The molecular formula is C15H25NO2S. The van der Waals surface area contributed by atoms with Crippen LogP contribution in [0.25, 0.3) is 0 Å². The summed E-state index contributed by atoms with van der Waals surface area (Å²) in [6, 6.07) is 5.57. The van der Waals surface area contributed by atoms with Gasteiger partial charge in [-0.15, -0.1) is 0 Å². The first-order valence-corrected chi connectivity index (χ1v) is 8.33. The van der Waals surface area contributed by atoms with Crippen molar-refractivity contribution in [1.29, 1.82) is 0 Å². The number of aryl methyl sites for hydroxylation is 2. The van der Waals surface area contributed by atoms with E-state index in [1.54, 1.807) is 6.07 Å². The molecule has 0 saturated carbocycles. The smallest absolute Gasteiger partial charge is 0.178 e. The molecule has 3 nitrogen and oxygen atoms in total. The van der Waals surface area contributed by atoms with Gasteiger partial charge >= 0.3 is 0 Å². The molecule has 0 saturated heterocycles. The fourth-order valence-corrected chi connectivity index (χ4v) is 3.66. The van der Waals surface area contributed by atoms with E-state index in [0.717, 1.165) is 17.5 Å². The van der Waals surface area contributed by atoms with Crippen molar-refractivity contribution in [2.24, 2.45) is 11.1 Å². The molecule has 0 radical (unpaired) electrons. The van der Waals surface area contributed by atoms with Crippen LogP contribution < -0.4 is 5.73 Å². The Bertz CT molecular complexity index is 533. The highest BCUT2D eigenvalue weighted by molar-refractivity contribution is 7.91. The second kappa shape index (κ2) is 6.06. The van der Waals surface area contributed by atoms with Crippen molar-refractivity contribution in [3.8, 4) is 0 Å². The predicted octanol–water partition coefficient (Wildman–Crippen LogP) is 2.84. The lowest BCUT2D eigenvalue weighted by Gasteiger charge is -2.21. The molecule has 0 amide bonds. The normalized spacial score (nSPS) is 12.7. The van der Waals surface area contributed by atoms with E-state index in [9.17, 15) is 8.42 Å². The van der Waals surface area contributed by atoms with E-state index in [2.05, 4.69) is 13.8 Å². The molecule has 0 unspecified atom stereocenters. The Morgan fingerprint density at radius 2 is 1.84 bits per heavy atom. The maximum atomic E-state index is 12.3. The zero-order valence-electron chi connectivity index (χ0n) is 12.4. The fraction of sp³-hybridized carbons (Fsp3) is 0.600. The lowest BCUT2D eigenvalue weighted by Crippen LogP contribution is -2.24. The van der Waals surface area contributed by atoms with Crippen molar-refractivity contribution in [3.05, 3.63) is 29.3 Å². The zero-order chi connectivity index (χ0) is 14.7. The number of hydrogen-bond acceptors (Lipinski definition) is 3. The van der Waals surface area contributed by atoms with E-state index >= 15 is 0 Å². The van der Waals surface area contributed by atoms with Crippen LogP contribution >= 0.6 is 0 Å². The van der Waals surface area contributed by atoms with Crippen LogP contribution in [0.3, 0.4) is 0 Å². The standard InChI is InChI=1S/C15H25NO2S/c1-12-6-7-13(2)14(10-12)19(17,18)9-5-8-15(3,4)11-16/h6-7,10H,5,8-9,11,16H2,1-4H3. The molecule has 0 fully saturated rings. The Labute approximate surface area is 117 Å². The van der Waals surface area contributed by atoms with Crippen molar-refractivity contribution in [1.82, 2.24) is 0 Å². The van der Waals surface area contributed by atoms with Crippen LogP contribution in [0.4, 0.5) is 0 Å².